The van der Waals surface area contributed by atoms with E-state index in [1.165, 1.54) is 0 Å². The van der Waals surface area contributed by atoms with Crippen LogP contribution < -0.4 is 0 Å². The molecule has 8 heteroatoms. The van der Waals surface area contributed by atoms with Crippen molar-refractivity contribution in [3.05, 3.63) is 0 Å². The van der Waals surface area contributed by atoms with Gasteiger partial charge in [-0.1, -0.05) is 12.8 Å². The molecule has 18 heavy (non-hydrogen) atoms. The molecule has 0 bridgehead atoms. The van der Waals surface area contributed by atoms with Crippen LogP contribution in [0, 0.1) is 0 Å². The summed E-state index contributed by atoms with van der Waals surface area (Å²) in [5.41, 5.74) is 0. The maximum absolute atomic E-state index is 10.9. The van der Waals surface area contributed by atoms with Crippen LogP contribution in [0.4, 0.5) is 0 Å². The van der Waals surface area contributed by atoms with Crippen molar-refractivity contribution in [1.82, 2.24) is 0 Å². The Morgan fingerprint density at radius 2 is 1.50 bits per heavy atom. The second kappa shape index (κ2) is 4.81. The Labute approximate surface area is 102 Å². The summed E-state index contributed by atoms with van der Waals surface area (Å²) in [7, 11) is 0. The third kappa shape index (κ3) is 2.46. The van der Waals surface area contributed by atoms with Crippen LogP contribution in [0.3, 0.4) is 0 Å². The zero-order valence-electron chi connectivity index (χ0n) is 9.59. The van der Waals surface area contributed by atoms with Crippen LogP contribution in [0.2, 0.25) is 0 Å². The van der Waals surface area contributed by atoms with E-state index in [1.54, 1.807) is 0 Å². The maximum Gasteiger partial charge on any atom is 0.386 e. The van der Waals surface area contributed by atoms with Crippen LogP contribution in [-0.4, -0.2) is 33.7 Å². The monoisotopic (exact) mass is 262 g/mol. The predicted octanol–water partition coefficient (Wildman–Crippen LogP) is 0.812. The van der Waals surface area contributed by atoms with Gasteiger partial charge in [-0.25, -0.2) is 4.79 Å². The van der Waals surface area contributed by atoms with Crippen LogP contribution in [0.15, 0.2) is 0 Å². The molecule has 0 aromatic rings. The van der Waals surface area contributed by atoms with Gasteiger partial charge in [0.2, 0.25) is 0 Å². The molecule has 0 spiro atoms. The molecule has 2 N–H and O–H groups in total. The first-order valence-corrected chi connectivity index (χ1v) is 5.71. The SMILES string of the molecule is O=C(O)CCCCCCC1(C2(C(=O)O)OO2)OO1. The number of carboxylic acids is 2. The number of carboxylic acid groups (broad SMARTS) is 2. The number of carbonyl (C=O) groups is 2. The Kier molecular flexibility index (Phi) is 3.53. The lowest BCUT2D eigenvalue weighted by atomic mass is 10.0. The molecule has 0 aliphatic carbocycles. The smallest absolute Gasteiger partial charge is 0.386 e. The van der Waals surface area contributed by atoms with Crippen molar-refractivity contribution >= 4 is 11.9 Å². The van der Waals surface area contributed by atoms with Crippen LogP contribution >= 0.6 is 0 Å². The highest BCUT2D eigenvalue weighted by Gasteiger charge is 2.82. The Morgan fingerprint density at radius 1 is 0.889 bits per heavy atom. The number of rotatable bonds is 9. The van der Waals surface area contributed by atoms with Crippen molar-refractivity contribution in [2.24, 2.45) is 0 Å². The maximum atomic E-state index is 10.9. The van der Waals surface area contributed by atoms with E-state index in [1.807, 2.05) is 0 Å². The molecule has 2 aliphatic heterocycles. The standard InChI is InChI=1S/C10H14O8/c11-7(12)5-3-1-2-4-6-9(15-16-9)10(8(13)14)17-18-10/h1-6H2,(H,11,12)(H,13,14). The van der Waals surface area contributed by atoms with Crippen molar-refractivity contribution < 1.29 is 39.4 Å². The van der Waals surface area contributed by atoms with Gasteiger partial charge in [-0.2, -0.15) is 19.6 Å². The summed E-state index contributed by atoms with van der Waals surface area (Å²) < 4.78 is 0. The molecule has 0 radical (unpaired) electrons. The summed E-state index contributed by atoms with van der Waals surface area (Å²) in [5, 5.41) is 17.4. The van der Waals surface area contributed by atoms with E-state index in [0.29, 0.717) is 19.3 Å². The lowest BCUT2D eigenvalue weighted by molar-refractivity contribution is -0.148. The Bertz CT molecular complexity index is 344. The van der Waals surface area contributed by atoms with E-state index in [-0.39, 0.29) is 6.42 Å². The Morgan fingerprint density at radius 3 is 1.94 bits per heavy atom. The largest absolute Gasteiger partial charge is 0.481 e. The summed E-state index contributed by atoms with van der Waals surface area (Å²) in [6.45, 7) is 0. The van der Waals surface area contributed by atoms with E-state index in [0.717, 1.165) is 12.8 Å². The molecule has 0 aromatic carbocycles. The van der Waals surface area contributed by atoms with Gasteiger partial charge in [0.05, 0.1) is 0 Å². The summed E-state index contributed by atoms with van der Waals surface area (Å²) in [4.78, 5) is 39.5. The van der Waals surface area contributed by atoms with E-state index in [9.17, 15) is 9.59 Å². The van der Waals surface area contributed by atoms with Crippen LogP contribution in [0.25, 0.3) is 0 Å². The van der Waals surface area contributed by atoms with Crippen LogP contribution in [0.5, 0.6) is 0 Å². The second-order valence-corrected chi connectivity index (χ2v) is 4.32. The normalized spacial score (nSPS) is 22.4. The highest BCUT2D eigenvalue weighted by molar-refractivity contribution is 5.79. The van der Waals surface area contributed by atoms with Gasteiger partial charge in [-0.3, -0.25) is 4.79 Å². The molecular formula is C10H14O8. The molecule has 0 atom stereocenters. The average molecular weight is 262 g/mol. The minimum Gasteiger partial charge on any atom is -0.481 e. The molecule has 2 aliphatic rings. The number of hydrogen-bond donors (Lipinski definition) is 2. The summed E-state index contributed by atoms with van der Waals surface area (Å²) >= 11 is 0. The second-order valence-electron chi connectivity index (χ2n) is 4.32. The van der Waals surface area contributed by atoms with Gasteiger partial charge < -0.3 is 10.2 Å². The predicted molar refractivity (Wildman–Crippen MR) is 52.8 cm³/mol. The van der Waals surface area contributed by atoms with Crippen molar-refractivity contribution in [3.8, 4) is 0 Å². The molecular weight excluding hydrogens is 248 g/mol. The quantitative estimate of drug-likeness (QED) is 0.355. The molecule has 2 rings (SSSR count). The number of aliphatic carboxylic acids is 2. The number of hydrogen-bond acceptors (Lipinski definition) is 6. The first-order chi connectivity index (χ1) is 8.52. The van der Waals surface area contributed by atoms with Gasteiger partial charge in [-0.15, -0.1) is 0 Å². The first kappa shape index (κ1) is 13.2. The minimum atomic E-state index is -1.83. The molecule has 8 nitrogen and oxygen atoms in total. The van der Waals surface area contributed by atoms with Gasteiger partial charge in [0, 0.05) is 12.8 Å². The van der Waals surface area contributed by atoms with Crippen LogP contribution in [0.1, 0.15) is 38.5 Å². The number of unbranched alkanes of at least 4 members (excludes halogenated alkanes) is 3. The Balaban J connectivity index is 1.65. The molecule has 102 valence electrons. The zero-order valence-corrected chi connectivity index (χ0v) is 9.59. The summed E-state index contributed by atoms with van der Waals surface area (Å²) in [5.74, 6) is -5.27. The fourth-order valence-electron chi connectivity index (χ4n) is 1.80. The minimum absolute atomic E-state index is 0.142. The summed E-state index contributed by atoms with van der Waals surface area (Å²) in [6, 6.07) is 0. The molecule has 2 heterocycles. The lowest BCUT2D eigenvalue weighted by Gasteiger charge is -2.07. The molecule has 0 saturated carbocycles. The summed E-state index contributed by atoms with van der Waals surface area (Å²) in [6.07, 6.45) is 3.22. The van der Waals surface area contributed by atoms with Crippen molar-refractivity contribution in [2.75, 3.05) is 0 Å². The van der Waals surface area contributed by atoms with Crippen molar-refractivity contribution in [2.45, 2.75) is 50.1 Å². The molecule has 0 amide bonds. The Hall–Kier alpha value is -1.22. The van der Waals surface area contributed by atoms with Crippen molar-refractivity contribution in [1.29, 1.82) is 0 Å². The molecule has 2 fully saturated rings. The van der Waals surface area contributed by atoms with Gasteiger partial charge in [0.1, 0.15) is 0 Å². The van der Waals surface area contributed by atoms with Gasteiger partial charge in [0.25, 0.3) is 0 Å². The average Bonchev–Trinajstić information content (AvgIpc) is 3.13. The highest BCUT2D eigenvalue weighted by atomic mass is 17.5. The van der Waals surface area contributed by atoms with E-state index in [2.05, 4.69) is 9.78 Å². The molecule has 2 saturated heterocycles. The topological polar surface area (TPSA) is 125 Å². The highest BCUT2D eigenvalue weighted by Crippen LogP contribution is 2.54. The van der Waals surface area contributed by atoms with Gasteiger partial charge in [0.15, 0.2) is 0 Å². The zero-order chi connectivity index (χ0) is 13.2. The van der Waals surface area contributed by atoms with E-state index >= 15 is 0 Å². The van der Waals surface area contributed by atoms with E-state index in [4.69, 9.17) is 20.0 Å². The molecule has 0 unspecified atom stereocenters. The van der Waals surface area contributed by atoms with Crippen LogP contribution in [-0.2, 0) is 29.1 Å². The fourth-order valence-corrected chi connectivity index (χ4v) is 1.80. The van der Waals surface area contributed by atoms with Crippen molar-refractivity contribution in [3.63, 3.8) is 0 Å². The first-order valence-electron chi connectivity index (χ1n) is 5.71. The van der Waals surface area contributed by atoms with Gasteiger partial charge >= 0.3 is 23.5 Å². The molecule has 0 aromatic heterocycles. The van der Waals surface area contributed by atoms with E-state index < -0.39 is 23.5 Å². The van der Waals surface area contributed by atoms with Gasteiger partial charge in [-0.05, 0) is 12.8 Å². The lowest BCUT2D eigenvalue weighted by Crippen LogP contribution is -2.40. The third-order valence-electron chi connectivity index (χ3n) is 2.96. The third-order valence-corrected chi connectivity index (χ3v) is 2.96. The fraction of sp³-hybridized carbons (Fsp3) is 0.800.